The number of hydrogen-bond acceptors (Lipinski definition) is 4. The van der Waals surface area contributed by atoms with Crippen LogP contribution >= 0.6 is 15.9 Å². The van der Waals surface area contributed by atoms with E-state index in [0.29, 0.717) is 24.2 Å². The van der Waals surface area contributed by atoms with Gasteiger partial charge in [0, 0.05) is 13.1 Å². The molecule has 2 heterocycles. The minimum absolute atomic E-state index is 0.0334. The standard InChI is InChI=1S/C11H15BrN2O3/c1-7(8-2-3-9(12)17-8)14-5-4-11(13,6-14)10(15)16/h2-3,7H,4-6,13H2,1H3,(H,15,16). The molecule has 0 amide bonds. The Kier molecular flexibility index (Phi) is 3.29. The first kappa shape index (κ1) is 12.6. The summed E-state index contributed by atoms with van der Waals surface area (Å²) in [6.07, 6.45) is 0.467. The molecule has 1 fully saturated rings. The van der Waals surface area contributed by atoms with Crippen LogP contribution in [0.25, 0.3) is 0 Å². The van der Waals surface area contributed by atoms with Crippen molar-refractivity contribution in [2.75, 3.05) is 13.1 Å². The fourth-order valence-corrected chi connectivity index (χ4v) is 2.42. The molecule has 1 aliphatic heterocycles. The first-order valence-electron chi connectivity index (χ1n) is 5.44. The lowest BCUT2D eigenvalue weighted by atomic mass is 10.0. The van der Waals surface area contributed by atoms with Crippen molar-refractivity contribution in [2.24, 2.45) is 5.73 Å². The third-order valence-electron chi connectivity index (χ3n) is 3.31. The maximum Gasteiger partial charge on any atom is 0.325 e. The number of halogens is 1. The number of aliphatic carboxylic acids is 1. The van der Waals surface area contributed by atoms with E-state index in [1.165, 1.54) is 0 Å². The Morgan fingerprint density at radius 3 is 2.88 bits per heavy atom. The van der Waals surface area contributed by atoms with Gasteiger partial charge in [0.25, 0.3) is 0 Å². The summed E-state index contributed by atoms with van der Waals surface area (Å²) in [4.78, 5) is 13.1. The summed E-state index contributed by atoms with van der Waals surface area (Å²) in [7, 11) is 0. The zero-order valence-corrected chi connectivity index (χ0v) is 11.1. The number of carbonyl (C=O) groups is 1. The van der Waals surface area contributed by atoms with E-state index < -0.39 is 11.5 Å². The highest BCUT2D eigenvalue weighted by atomic mass is 79.9. The van der Waals surface area contributed by atoms with E-state index in [1.807, 2.05) is 24.0 Å². The molecule has 0 aromatic carbocycles. The van der Waals surface area contributed by atoms with Crippen LogP contribution in [0, 0.1) is 0 Å². The first-order valence-corrected chi connectivity index (χ1v) is 6.23. The number of carboxylic acids is 1. The summed E-state index contributed by atoms with van der Waals surface area (Å²) in [6, 6.07) is 3.74. The second kappa shape index (κ2) is 4.44. The molecule has 17 heavy (non-hydrogen) atoms. The van der Waals surface area contributed by atoms with Gasteiger partial charge >= 0.3 is 5.97 Å². The molecule has 2 rings (SSSR count). The maximum atomic E-state index is 11.0. The Bertz CT molecular complexity index is 434. The number of nitrogens with two attached hydrogens (primary N) is 1. The van der Waals surface area contributed by atoms with Crippen LogP contribution in [0.5, 0.6) is 0 Å². The van der Waals surface area contributed by atoms with Crippen LogP contribution < -0.4 is 5.73 Å². The van der Waals surface area contributed by atoms with E-state index in [0.717, 1.165) is 5.76 Å². The van der Waals surface area contributed by atoms with Gasteiger partial charge in [0.15, 0.2) is 4.67 Å². The predicted molar refractivity (Wildman–Crippen MR) is 65.6 cm³/mol. The normalized spacial score (nSPS) is 27.2. The number of likely N-dealkylation sites (tertiary alicyclic amines) is 1. The van der Waals surface area contributed by atoms with E-state index in [4.69, 9.17) is 15.3 Å². The predicted octanol–water partition coefficient (Wildman–Crippen LogP) is 1.59. The molecular formula is C11H15BrN2O3. The van der Waals surface area contributed by atoms with Gasteiger partial charge in [0.2, 0.25) is 0 Å². The van der Waals surface area contributed by atoms with Crippen LogP contribution in [0.1, 0.15) is 25.1 Å². The molecule has 0 aliphatic carbocycles. The molecule has 0 radical (unpaired) electrons. The summed E-state index contributed by atoms with van der Waals surface area (Å²) < 4.78 is 6.15. The van der Waals surface area contributed by atoms with Crippen molar-refractivity contribution in [3.05, 3.63) is 22.6 Å². The average Bonchev–Trinajstić information content (AvgIpc) is 2.85. The van der Waals surface area contributed by atoms with Gasteiger partial charge in [-0.3, -0.25) is 9.69 Å². The number of carboxylic acid groups (broad SMARTS) is 1. The maximum absolute atomic E-state index is 11.0. The van der Waals surface area contributed by atoms with Crippen molar-refractivity contribution in [1.29, 1.82) is 0 Å². The molecule has 2 unspecified atom stereocenters. The fourth-order valence-electron chi connectivity index (χ4n) is 2.10. The molecule has 6 heteroatoms. The lowest BCUT2D eigenvalue weighted by Gasteiger charge is -2.24. The van der Waals surface area contributed by atoms with Crippen molar-refractivity contribution in [3.8, 4) is 0 Å². The van der Waals surface area contributed by atoms with Crippen molar-refractivity contribution in [1.82, 2.24) is 4.90 Å². The second-order valence-corrected chi connectivity index (χ2v) is 5.28. The van der Waals surface area contributed by atoms with Crippen LogP contribution in [0.3, 0.4) is 0 Å². The summed E-state index contributed by atoms with van der Waals surface area (Å²) in [5, 5.41) is 9.06. The minimum atomic E-state index is -1.13. The molecule has 1 aromatic heterocycles. The average molecular weight is 303 g/mol. The van der Waals surface area contributed by atoms with Crippen molar-refractivity contribution >= 4 is 21.9 Å². The monoisotopic (exact) mass is 302 g/mol. The van der Waals surface area contributed by atoms with Gasteiger partial charge in [-0.05, 0) is 41.4 Å². The lowest BCUT2D eigenvalue weighted by molar-refractivity contribution is -0.142. The van der Waals surface area contributed by atoms with Gasteiger partial charge in [0.1, 0.15) is 11.3 Å². The Labute approximate surface area is 108 Å². The second-order valence-electron chi connectivity index (χ2n) is 4.50. The van der Waals surface area contributed by atoms with Crippen molar-refractivity contribution in [2.45, 2.75) is 24.9 Å². The molecule has 3 N–H and O–H groups in total. The number of hydrogen-bond donors (Lipinski definition) is 2. The van der Waals surface area contributed by atoms with Crippen LogP contribution in [-0.2, 0) is 4.79 Å². The Balaban J connectivity index is 2.08. The largest absolute Gasteiger partial charge is 0.480 e. The lowest BCUT2D eigenvalue weighted by Crippen LogP contribution is -2.50. The molecule has 1 aromatic rings. The van der Waals surface area contributed by atoms with E-state index in [2.05, 4.69) is 15.9 Å². The zero-order valence-electron chi connectivity index (χ0n) is 9.52. The Morgan fingerprint density at radius 2 is 2.41 bits per heavy atom. The number of rotatable bonds is 3. The Morgan fingerprint density at radius 1 is 1.71 bits per heavy atom. The van der Waals surface area contributed by atoms with Gasteiger partial charge in [-0.2, -0.15) is 0 Å². The molecule has 1 aliphatic rings. The van der Waals surface area contributed by atoms with Crippen LogP contribution in [-0.4, -0.2) is 34.6 Å². The minimum Gasteiger partial charge on any atom is -0.480 e. The van der Waals surface area contributed by atoms with Crippen molar-refractivity contribution < 1.29 is 14.3 Å². The van der Waals surface area contributed by atoms with Gasteiger partial charge < -0.3 is 15.3 Å². The summed E-state index contributed by atoms with van der Waals surface area (Å²) in [5.74, 6) is -0.126. The Hall–Kier alpha value is -0.850. The van der Waals surface area contributed by atoms with E-state index >= 15 is 0 Å². The third-order valence-corrected chi connectivity index (χ3v) is 3.74. The molecule has 5 nitrogen and oxygen atoms in total. The first-order chi connectivity index (χ1) is 7.92. The summed E-state index contributed by atoms with van der Waals surface area (Å²) in [5.41, 5.74) is 4.71. The molecule has 94 valence electrons. The fraction of sp³-hybridized carbons (Fsp3) is 0.545. The topological polar surface area (TPSA) is 79.7 Å². The van der Waals surface area contributed by atoms with E-state index in [9.17, 15) is 4.79 Å². The highest BCUT2D eigenvalue weighted by molar-refractivity contribution is 9.10. The number of furan rings is 1. The highest BCUT2D eigenvalue weighted by Gasteiger charge is 2.43. The molecule has 0 spiro atoms. The van der Waals surface area contributed by atoms with Crippen LogP contribution in [0.4, 0.5) is 0 Å². The summed E-state index contributed by atoms with van der Waals surface area (Å²) in [6.45, 7) is 3.00. The quantitative estimate of drug-likeness (QED) is 0.886. The van der Waals surface area contributed by atoms with Crippen LogP contribution in [0.2, 0.25) is 0 Å². The molecule has 0 saturated carbocycles. The molecule has 1 saturated heterocycles. The van der Waals surface area contributed by atoms with Gasteiger partial charge in [-0.15, -0.1) is 0 Å². The third kappa shape index (κ3) is 2.38. The van der Waals surface area contributed by atoms with Gasteiger partial charge in [-0.1, -0.05) is 0 Å². The van der Waals surface area contributed by atoms with E-state index in [-0.39, 0.29) is 6.04 Å². The molecule has 2 atom stereocenters. The summed E-state index contributed by atoms with van der Waals surface area (Å²) >= 11 is 3.25. The zero-order chi connectivity index (χ0) is 12.6. The smallest absolute Gasteiger partial charge is 0.325 e. The highest BCUT2D eigenvalue weighted by Crippen LogP contribution is 2.30. The van der Waals surface area contributed by atoms with Gasteiger partial charge in [-0.25, -0.2) is 0 Å². The molecular weight excluding hydrogens is 288 g/mol. The van der Waals surface area contributed by atoms with Gasteiger partial charge in [0.05, 0.1) is 6.04 Å². The van der Waals surface area contributed by atoms with Crippen molar-refractivity contribution in [3.63, 3.8) is 0 Å². The number of nitrogens with zero attached hydrogens (tertiary/aromatic N) is 1. The van der Waals surface area contributed by atoms with Crippen LogP contribution in [0.15, 0.2) is 21.2 Å². The molecule has 0 bridgehead atoms. The van der Waals surface area contributed by atoms with E-state index in [1.54, 1.807) is 0 Å². The SMILES string of the molecule is CC(c1ccc(Br)o1)N1CCC(N)(C(=O)O)C1.